The van der Waals surface area contributed by atoms with E-state index in [2.05, 4.69) is 5.10 Å². The monoisotopic (exact) mass is 308 g/mol. The number of carbonyl (C=O) groups is 1. The highest BCUT2D eigenvalue weighted by Crippen LogP contribution is 2.35. The number of hydrogen-bond acceptors (Lipinski definition) is 2. The molecule has 1 heterocycles. The fraction of sp³-hybridized carbons (Fsp3) is 0.167. The van der Waals surface area contributed by atoms with Crippen LogP contribution in [0.4, 0.5) is 26.3 Å². The van der Waals surface area contributed by atoms with E-state index in [0.717, 1.165) is 12.1 Å². The Bertz CT molecular complexity index is 671. The molecule has 0 atom stereocenters. The van der Waals surface area contributed by atoms with Gasteiger partial charge in [0.1, 0.15) is 6.29 Å². The smallest absolute Gasteiger partial charge is 0.298 e. The lowest BCUT2D eigenvalue weighted by molar-refractivity contribution is -0.137. The first-order valence-electron chi connectivity index (χ1n) is 5.41. The summed E-state index contributed by atoms with van der Waals surface area (Å²) in [6, 6.07) is 2.50. The highest BCUT2D eigenvalue weighted by molar-refractivity contribution is 5.76. The molecule has 3 nitrogen and oxygen atoms in total. The van der Waals surface area contributed by atoms with Crippen LogP contribution in [-0.2, 0) is 12.4 Å². The van der Waals surface area contributed by atoms with Crippen LogP contribution in [-0.4, -0.2) is 16.1 Å². The van der Waals surface area contributed by atoms with Crippen molar-refractivity contribution in [1.29, 1.82) is 0 Å². The summed E-state index contributed by atoms with van der Waals surface area (Å²) in [6.45, 7) is 0. The summed E-state index contributed by atoms with van der Waals surface area (Å²) in [4.78, 5) is 10.5. The average molecular weight is 308 g/mol. The molecular formula is C12H6F6N2O. The molecule has 0 aliphatic carbocycles. The molecule has 0 aliphatic heterocycles. The Hall–Kier alpha value is -2.32. The molecule has 0 bridgehead atoms. The minimum atomic E-state index is -4.83. The molecule has 112 valence electrons. The maximum absolute atomic E-state index is 12.9. The lowest BCUT2D eigenvalue weighted by Crippen LogP contribution is -2.12. The molecule has 21 heavy (non-hydrogen) atoms. The van der Waals surface area contributed by atoms with E-state index < -0.39 is 29.2 Å². The van der Waals surface area contributed by atoms with Gasteiger partial charge in [-0.3, -0.25) is 4.79 Å². The van der Waals surface area contributed by atoms with Gasteiger partial charge in [-0.2, -0.15) is 31.4 Å². The standard InChI is InChI=1S/C12H6F6N2O/c13-11(14,15)8-4-19-20(5-8)10-2-1-7(6-21)3-9(10)12(16,17)18/h1-6H. The predicted molar refractivity (Wildman–Crippen MR) is 59.0 cm³/mol. The summed E-state index contributed by atoms with van der Waals surface area (Å²) < 4.78 is 76.6. The van der Waals surface area contributed by atoms with Gasteiger partial charge in [0.05, 0.1) is 23.0 Å². The van der Waals surface area contributed by atoms with Crippen LogP contribution in [0.25, 0.3) is 5.69 Å². The van der Waals surface area contributed by atoms with E-state index in [1.807, 2.05) is 0 Å². The number of halogens is 6. The molecule has 0 aliphatic rings. The van der Waals surface area contributed by atoms with Crippen LogP contribution in [0.15, 0.2) is 30.6 Å². The quantitative estimate of drug-likeness (QED) is 0.626. The Balaban J connectivity index is 2.58. The zero-order valence-corrected chi connectivity index (χ0v) is 10.0. The van der Waals surface area contributed by atoms with Crippen molar-refractivity contribution in [2.75, 3.05) is 0 Å². The molecule has 2 aromatic rings. The molecule has 0 amide bonds. The third-order valence-electron chi connectivity index (χ3n) is 2.62. The average Bonchev–Trinajstić information content (AvgIpc) is 2.86. The summed E-state index contributed by atoms with van der Waals surface area (Å²) in [5.41, 5.74) is -3.25. The third-order valence-corrected chi connectivity index (χ3v) is 2.62. The molecule has 1 aromatic carbocycles. The second kappa shape index (κ2) is 4.90. The van der Waals surface area contributed by atoms with Gasteiger partial charge in [-0.05, 0) is 18.2 Å². The first-order valence-corrected chi connectivity index (χ1v) is 5.41. The predicted octanol–water partition coefficient (Wildman–Crippen LogP) is 3.72. The minimum Gasteiger partial charge on any atom is -0.298 e. The number of carbonyl (C=O) groups excluding carboxylic acids is 1. The summed E-state index contributed by atoms with van der Waals surface area (Å²) >= 11 is 0. The van der Waals surface area contributed by atoms with Gasteiger partial charge >= 0.3 is 12.4 Å². The first kappa shape index (κ1) is 15.1. The van der Waals surface area contributed by atoms with Crippen molar-refractivity contribution in [2.24, 2.45) is 0 Å². The van der Waals surface area contributed by atoms with Gasteiger partial charge in [0.2, 0.25) is 0 Å². The Morgan fingerprint density at radius 3 is 2.19 bits per heavy atom. The third kappa shape index (κ3) is 3.06. The summed E-state index contributed by atoms with van der Waals surface area (Å²) in [5.74, 6) is 0. The summed E-state index contributed by atoms with van der Waals surface area (Å²) in [5, 5.41) is 3.29. The van der Waals surface area contributed by atoms with Gasteiger partial charge < -0.3 is 0 Å². The zero-order valence-electron chi connectivity index (χ0n) is 10.0. The van der Waals surface area contributed by atoms with Crippen LogP contribution in [0, 0.1) is 0 Å². The molecule has 0 saturated carbocycles. The number of aromatic nitrogens is 2. The van der Waals surface area contributed by atoms with E-state index in [0.29, 0.717) is 23.1 Å². The van der Waals surface area contributed by atoms with E-state index in [4.69, 9.17) is 0 Å². The minimum absolute atomic E-state index is 0.212. The van der Waals surface area contributed by atoms with E-state index in [9.17, 15) is 31.1 Å². The fourth-order valence-corrected chi connectivity index (χ4v) is 1.65. The Morgan fingerprint density at radius 1 is 1.05 bits per heavy atom. The van der Waals surface area contributed by atoms with Crippen molar-refractivity contribution < 1.29 is 31.1 Å². The molecule has 0 spiro atoms. The Morgan fingerprint density at radius 2 is 1.71 bits per heavy atom. The molecule has 2 rings (SSSR count). The number of aldehydes is 1. The van der Waals surface area contributed by atoms with Crippen molar-refractivity contribution in [3.05, 3.63) is 47.3 Å². The fourth-order valence-electron chi connectivity index (χ4n) is 1.65. The number of nitrogens with zero attached hydrogens (tertiary/aromatic N) is 2. The van der Waals surface area contributed by atoms with Gasteiger partial charge in [0, 0.05) is 11.8 Å². The molecular weight excluding hydrogens is 302 g/mol. The summed E-state index contributed by atoms with van der Waals surface area (Å²) in [7, 11) is 0. The van der Waals surface area contributed by atoms with Crippen molar-refractivity contribution in [3.63, 3.8) is 0 Å². The Labute approximate surface area is 113 Å². The zero-order chi connectivity index (χ0) is 15.8. The second-order valence-electron chi connectivity index (χ2n) is 4.06. The summed E-state index contributed by atoms with van der Waals surface area (Å²) in [6.07, 6.45) is -8.46. The second-order valence-corrected chi connectivity index (χ2v) is 4.06. The van der Waals surface area contributed by atoms with Gasteiger partial charge in [-0.25, -0.2) is 4.68 Å². The van der Waals surface area contributed by atoms with Crippen molar-refractivity contribution in [1.82, 2.24) is 9.78 Å². The lowest BCUT2D eigenvalue weighted by Gasteiger charge is -2.13. The normalized spacial score (nSPS) is 12.5. The van der Waals surface area contributed by atoms with Crippen LogP contribution >= 0.6 is 0 Å². The van der Waals surface area contributed by atoms with Gasteiger partial charge in [0.25, 0.3) is 0 Å². The van der Waals surface area contributed by atoms with E-state index in [-0.39, 0.29) is 11.8 Å². The van der Waals surface area contributed by atoms with Gasteiger partial charge in [0.15, 0.2) is 0 Å². The van der Waals surface area contributed by atoms with Gasteiger partial charge in [-0.1, -0.05) is 0 Å². The molecule has 0 saturated heterocycles. The maximum Gasteiger partial charge on any atom is 0.419 e. The Kier molecular flexibility index (Phi) is 3.52. The maximum atomic E-state index is 12.9. The van der Waals surface area contributed by atoms with Gasteiger partial charge in [-0.15, -0.1) is 0 Å². The first-order chi connectivity index (χ1) is 9.63. The van der Waals surface area contributed by atoms with Crippen LogP contribution < -0.4 is 0 Å². The largest absolute Gasteiger partial charge is 0.419 e. The molecule has 1 aromatic heterocycles. The number of hydrogen-bond donors (Lipinski definition) is 0. The highest BCUT2D eigenvalue weighted by Gasteiger charge is 2.36. The molecule has 0 radical (unpaired) electrons. The van der Waals surface area contributed by atoms with Crippen molar-refractivity contribution >= 4 is 6.29 Å². The number of rotatable bonds is 2. The SMILES string of the molecule is O=Cc1ccc(-n2cc(C(F)(F)F)cn2)c(C(F)(F)F)c1. The van der Waals surface area contributed by atoms with Crippen molar-refractivity contribution in [2.45, 2.75) is 12.4 Å². The van der Waals surface area contributed by atoms with Crippen LogP contribution in [0.3, 0.4) is 0 Å². The molecule has 0 N–H and O–H groups in total. The molecule has 0 unspecified atom stereocenters. The van der Waals surface area contributed by atoms with Crippen LogP contribution in [0.1, 0.15) is 21.5 Å². The van der Waals surface area contributed by atoms with Crippen molar-refractivity contribution in [3.8, 4) is 5.69 Å². The lowest BCUT2D eigenvalue weighted by atomic mass is 10.1. The van der Waals surface area contributed by atoms with E-state index in [1.54, 1.807) is 0 Å². The number of benzene rings is 1. The molecule has 9 heteroatoms. The van der Waals surface area contributed by atoms with E-state index in [1.165, 1.54) is 0 Å². The molecule has 0 fully saturated rings. The van der Waals surface area contributed by atoms with Crippen LogP contribution in [0.2, 0.25) is 0 Å². The highest BCUT2D eigenvalue weighted by atomic mass is 19.4. The topological polar surface area (TPSA) is 34.9 Å². The number of alkyl halides is 6. The van der Waals surface area contributed by atoms with E-state index >= 15 is 0 Å². The van der Waals surface area contributed by atoms with Crippen LogP contribution in [0.5, 0.6) is 0 Å².